The van der Waals surface area contributed by atoms with Crippen LogP contribution in [0, 0.1) is 33.3 Å². The summed E-state index contributed by atoms with van der Waals surface area (Å²) in [6, 6.07) is 0. The van der Waals surface area contributed by atoms with Gasteiger partial charge in [0.25, 0.3) is 0 Å². The van der Waals surface area contributed by atoms with Crippen LogP contribution in [0.15, 0.2) is 11.8 Å². The van der Waals surface area contributed by atoms with Crippen molar-refractivity contribution in [3.63, 3.8) is 0 Å². The van der Waals surface area contributed by atoms with Gasteiger partial charge in [0.1, 0.15) is 0 Å². The maximum absolute atomic E-state index is 7.50. The topological polar surface area (TPSA) is 112 Å². The third kappa shape index (κ3) is 16.5. The molecule has 8 heteroatoms. The minimum absolute atomic E-state index is 0.177. The molecular formula is C13H13CrNO6. The van der Waals surface area contributed by atoms with E-state index in [1.54, 1.807) is 0 Å². The van der Waals surface area contributed by atoms with Crippen LogP contribution in [0.1, 0.15) is 13.8 Å². The van der Waals surface area contributed by atoms with Gasteiger partial charge in [-0.3, -0.25) is 0 Å². The van der Waals surface area contributed by atoms with E-state index in [9.17, 15) is 0 Å². The number of hydrogen-bond donors (Lipinski definition) is 0. The summed E-state index contributed by atoms with van der Waals surface area (Å²) < 4.78 is 43.9. The van der Waals surface area contributed by atoms with Crippen LogP contribution in [-0.2, 0) is 43.8 Å². The van der Waals surface area contributed by atoms with Gasteiger partial charge in [-0.15, -0.1) is 0 Å². The molecule has 0 aliphatic carbocycles. The first kappa shape index (κ1) is 31.8. The zero-order valence-corrected chi connectivity index (χ0v) is 13.2. The van der Waals surface area contributed by atoms with Crippen molar-refractivity contribution < 1.29 is 43.8 Å². The zero-order chi connectivity index (χ0) is 18.6. The van der Waals surface area contributed by atoms with Crippen molar-refractivity contribution in [3.8, 4) is 0 Å². The zero-order valence-electron chi connectivity index (χ0n) is 11.9. The second kappa shape index (κ2) is 23.7. The Labute approximate surface area is 132 Å². The number of rotatable bonds is 1. The molecule has 0 saturated carbocycles. The van der Waals surface area contributed by atoms with Crippen LogP contribution in [0.3, 0.4) is 0 Å². The molecule has 0 bridgehead atoms. The SMILES string of the molecule is CN(C)C1=C[C](=[Cr])OC1(C)C.[C-]#[O+].[C-]#[O+].[C-]#[O+].[C-]#[O+].[C-]#[O+]. The monoisotopic (exact) mass is 331 g/mol. The van der Waals surface area contributed by atoms with Crippen molar-refractivity contribution in [1.82, 2.24) is 4.90 Å². The Morgan fingerprint density at radius 2 is 1.19 bits per heavy atom. The molecule has 0 fully saturated rings. The quantitative estimate of drug-likeness (QED) is 0.521. The van der Waals surface area contributed by atoms with Gasteiger partial charge in [-0.1, -0.05) is 0 Å². The van der Waals surface area contributed by atoms with Crippen molar-refractivity contribution in [2.75, 3.05) is 14.1 Å². The van der Waals surface area contributed by atoms with Crippen LogP contribution in [0.25, 0.3) is 0 Å². The van der Waals surface area contributed by atoms with E-state index >= 15 is 0 Å². The minimum atomic E-state index is -0.177. The summed E-state index contributed by atoms with van der Waals surface area (Å²) >= 11 is 2.87. The van der Waals surface area contributed by atoms with Crippen molar-refractivity contribution in [2.45, 2.75) is 19.4 Å². The first-order valence-corrected chi connectivity index (χ1v) is 5.22. The molecule has 0 aromatic heterocycles. The van der Waals surface area contributed by atoms with Gasteiger partial charge >= 0.3 is 132 Å². The van der Waals surface area contributed by atoms with Crippen LogP contribution >= 0.6 is 0 Å². The summed E-state index contributed by atoms with van der Waals surface area (Å²) in [6.45, 7) is 26.6. The molecule has 7 nitrogen and oxygen atoms in total. The van der Waals surface area contributed by atoms with E-state index in [0.717, 1.165) is 4.57 Å². The number of ether oxygens (including phenoxy) is 1. The fraction of sp³-hybridized carbons (Fsp3) is 0.385. The second-order valence-corrected chi connectivity index (χ2v) is 3.98. The first-order chi connectivity index (χ1) is 9.93. The Balaban J connectivity index is -0.0000000727. The molecule has 0 unspecified atom stereocenters. The molecule has 112 valence electrons. The summed E-state index contributed by atoms with van der Waals surface area (Å²) in [5, 5.41) is 0. The van der Waals surface area contributed by atoms with Crippen molar-refractivity contribution >= 4 is 4.57 Å². The molecule has 0 spiro atoms. The number of hydrogen-bond acceptors (Lipinski definition) is 2. The van der Waals surface area contributed by atoms with Crippen LogP contribution in [0.5, 0.6) is 0 Å². The molecule has 1 rings (SSSR count). The van der Waals surface area contributed by atoms with Gasteiger partial charge in [0.05, 0.1) is 0 Å². The summed E-state index contributed by atoms with van der Waals surface area (Å²) in [6.07, 6.45) is 2.03. The molecular weight excluding hydrogens is 318 g/mol. The van der Waals surface area contributed by atoms with Crippen LogP contribution in [0.2, 0.25) is 0 Å². The van der Waals surface area contributed by atoms with Gasteiger partial charge in [-0.05, 0) is 0 Å². The van der Waals surface area contributed by atoms with Gasteiger partial charge in [0.15, 0.2) is 0 Å². The molecule has 0 aromatic rings. The van der Waals surface area contributed by atoms with Crippen molar-refractivity contribution in [2.24, 2.45) is 0 Å². The predicted octanol–water partition coefficient (Wildman–Crippen LogP) is 0.730. The van der Waals surface area contributed by atoms with Crippen molar-refractivity contribution in [1.29, 1.82) is 0 Å². The van der Waals surface area contributed by atoms with Gasteiger partial charge in [-0.2, -0.15) is 0 Å². The van der Waals surface area contributed by atoms with Crippen LogP contribution in [0.4, 0.5) is 0 Å². The molecule has 0 aromatic carbocycles. The Morgan fingerprint density at radius 1 is 0.905 bits per heavy atom. The van der Waals surface area contributed by atoms with Gasteiger partial charge in [-0.25, -0.2) is 0 Å². The molecule has 0 atom stereocenters. The second-order valence-electron chi connectivity index (χ2n) is 3.36. The molecule has 0 N–H and O–H groups in total. The summed E-state index contributed by atoms with van der Waals surface area (Å²) in [4.78, 5) is 2.07. The normalized spacial score (nSPS) is 11.9. The maximum atomic E-state index is 7.50. The summed E-state index contributed by atoms with van der Waals surface area (Å²) in [7, 11) is 4.05. The van der Waals surface area contributed by atoms with Gasteiger partial charge in [0, 0.05) is 0 Å². The summed E-state index contributed by atoms with van der Waals surface area (Å²) in [5.74, 6) is 0. The number of likely N-dealkylation sites (N-methyl/N-ethyl adjacent to an activating group) is 1. The van der Waals surface area contributed by atoms with Crippen LogP contribution in [-0.4, -0.2) is 29.2 Å². The Kier molecular flexibility index (Phi) is 35.9. The van der Waals surface area contributed by atoms with E-state index < -0.39 is 0 Å². The fourth-order valence-electron chi connectivity index (χ4n) is 1.29. The predicted molar refractivity (Wildman–Crippen MR) is 61.6 cm³/mol. The molecule has 21 heavy (non-hydrogen) atoms. The van der Waals surface area contributed by atoms with Gasteiger partial charge in [0.2, 0.25) is 0 Å². The summed E-state index contributed by atoms with van der Waals surface area (Å²) in [5.41, 5.74) is 1.02. The fourth-order valence-corrected chi connectivity index (χ4v) is 1.79. The van der Waals surface area contributed by atoms with Gasteiger partial charge < -0.3 is 0 Å². The van der Waals surface area contributed by atoms with Crippen LogP contribution < -0.4 is 0 Å². The molecule has 0 radical (unpaired) electrons. The van der Waals surface area contributed by atoms with E-state index in [0.29, 0.717) is 0 Å². The average molecular weight is 331 g/mol. The molecule has 0 saturated heterocycles. The Morgan fingerprint density at radius 3 is 1.29 bits per heavy atom. The van der Waals surface area contributed by atoms with E-state index in [4.69, 9.17) is 28.0 Å². The Bertz CT molecular complexity index is 366. The van der Waals surface area contributed by atoms with E-state index in [1.807, 2.05) is 20.2 Å². The first-order valence-electron chi connectivity index (χ1n) is 4.58. The van der Waals surface area contributed by atoms with Crippen molar-refractivity contribution in [3.05, 3.63) is 45.0 Å². The van der Waals surface area contributed by atoms with E-state index in [2.05, 4.69) is 67.9 Å². The number of nitrogens with zero attached hydrogens (tertiary/aromatic N) is 1. The molecule has 1 aliphatic heterocycles. The standard InChI is InChI=1S/C8H13NO.5CO.Cr/c1-8(2)7(9(3)4)5-6-10-8;5*1-2;/h5H,1-4H3;;;;;;. The Hall–Kier alpha value is -1.40. The average Bonchev–Trinajstić information content (AvgIpc) is 2.82. The molecule has 0 amide bonds. The molecule has 1 heterocycles. The molecule has 1 aliphatic rings. The van der Waals surface area contributed by atoms with E-state index in [1.165, 1.54) is 5.70 Å². The third-order valence-corrected chi connectivity index (χ3v) is 2.02. The third-order valence-electron chi connectivity index (χ3n) is 1.71. The van der Waals surface area contributed by atoms with E-state index in [-0.39, 0.29) is 5.60 Å².